The number of nitriles is 1. The van der Waals surface area contributed by atoms with E-state index in [4.69, 9.17) is 10.00 Å². The molecule has 0 aromatic heterocycles. The summed E-state index contributed by atoms with van der Waals surface area (Å²) < 4.78 is 45.0. The van der Waals surface area contributed by atoms with Gasteiger partial charge in [0.25, 0.3) is 0 Å². The molecule has 1 aliphatic rings. The van der Waals surface area contributed by atoms with Crippen LogP contribution in [0.15, 0.2) is 18.2 Å². The van der Waals surface area contributed by atoms with Crippen molar-refractivity contribution in [1.29, 1.82) is 5.26 Å². The molecule has 0 spiro atoms. The summed E-state index contributed by atoms with van der Waals surface area (Å²) in [6, 6.07) is 5.23. The molecule has 0 N–H and O–H groups in total. The predicted octanol–water partition coefficient (Wildman–Crippen LogP) is 4.92. The second-order valence-electron chi connectivity index (χ2n) is 5.43. The molecule has 0 saturated heterocycles. The summed E-state index contributed by atoms with van der Waals surface area (Å²) in [6.45, 7) is 2.04. The summed E-state index contributed by atoms with van der Waals surface area (Å²) in [5, 5.41) is 8.76. The SMILES string of the molecule is CCC1CCCCC1Oc1ccc(C#N)cc1C(F)(F)F. The summed E-state index contributed by atoms with van der Waals surface area (Å²) in [5.74, 6) is 0.141. The van der Waals surface area contributed by atoms with Gasteiger partial charge in [0, 0.05) is 0 Å². The third-order valence-corrected chi connectivity index (χ3v) is 4.06. The fourth-order valence-electron chi connectivity index (χ4n) is 2.88. The van der Waals surface area contributed by atoms with Gasteiger partial charge >= 0.3 is 6.18 Å². The summed E-state index contributed by atoms with van der Waals surface area (Å²) in [6.07, 6.45) is 0.101. The quantitative estimate of drug-likeness (QED) is 0.793. The molecule has 1 fully saturated rings. The average Bonchev–Trinajstić information content (AvgIpc) is 2.47. The van der Waals surface area contributed by atoms with Crippen molar-refractivity contribution in [1.82, 2.24) is 0 Å². The van der Waals surface area contributed by atoms with Gasteiger partial charge in [-0.2, -0.15) is 18.4 Å². The lowest BCUT2D eigenvalue weighted by molar-refractivity contribution is -0.139. The highest BCUT2D eigenvalue weighted by atomic mass is 19.4. The first-order valence-electron chi connectivity index (χ1n) is 7.23. The van der Waals surface area contributed by atoms with Crippen molar-refractivity contribution in [2.45, 2.75) is 51.3 Å². The Morgan fingerprint density at radius 1 is 1.29 bits per heavy atom. The van der Waals surface area contributed by atoms with Crippen molar-refractivity contribution >= 4 is 0 Å². The lowest BCUT2D eigenvalue weighted by atomic mass is 9.84. The first kappa shape index (κ1) is 15.7. The zero-order valence-corrected chi connectivity index (χ0v) is 11.9. The summed E-state index contributed by atoms with van der Waals surface area (Å²) >= 11 is 0. The first-order valence-corrected chi connectivity index (χ1v) is 7.23. The Balaban J connectivity index is 2.29. The molecular formula is C16H18F3NO. The minimum absolute atomic E-state index is 0.00893. The standard InChI is InChI=1S/C16H18F3NO/c1-2-12-5-3-4-6-14(12)21-15-8-7-11(10-20)9-13(15)16(17,18)19/h7-9,12,14H,2-6H2,1H3. The molecule has 1 aromatic rings. The second-order valence-corrected chi connectivity index (χ2v) is 5.43. The van der Waals surface area contributed by atoms with E-state index in [2.05, 4.69) is 0 Å². The van der Waals surface area contributed by atoms with E-state index in [1.807, 2.05) is 6.92 Å². The molecule has 5 heteroatoms. The molecule has 1 aliphatic carbocycles. The van der Waals surface area contributed by atoms with Gasteiger partial charge in [0.15, 0.2) is 0 Å². The monoisotopic (exact) mass is 297 g/mol. The molecule has 2 unspecified atom stereocenters. The molecule has 114 valence electrons. The number of alkyl halides is 3. The summed E-state index contributed by atoms with van der Waals surface area (Å²) in [7, 11) is 0. The van der Waals surface area contributed by atoms with Crippen LogP contribution in [0.3, 0.4) is 0 Å². The van der Waals surface area contributed by atoms with Crippen LogP contribution in [0.5, 0.6) is 5.75 Å². The zero-order chi connectivity index (χ0) is 15.5. The van der Waals surface area contributed by atoms with Gasteiger partial charge in [0.2, 0.25) is 0 Å². The van der Waals surface area contributed by atoms with Gasteiger partial charge < -0.3 is 4.74 Å². The van der Waals surface area contributed by atoms with E-state index in [-0.39, 0.29) is 17.4 Å². The van der Waals surface area contributed by atoms with Crippen LogP contribution in [0.4, 0.5) is 13.2 Å². The second kappa shape index (κ2) is 6.38. The van der Waals surface area contributed by atoms with Crippen LogP contribution in [0, 0.1) is 17.2 Å². The predicted molar refractivity (Wildman–Crippen MR) is 72.8 cm³/mol. The molecule has 0 amide bonds. The van der Waals surface area contributed by atoms with Crippen molar-refractivity contribution in [3.8, 4) is 11.8 Å². The molecule has 21 heavy (non-hydrogen) atoms. The molecule has 2 atom stereocenters. The van der Waals surface area contributed by atoms with Crippen LogP contribution in [-0.4, -0.2) is 6.10 Å². The fraction of sp³-hybridized carbons (Fsp3) is 0.562. The van der Waals surface area contributed by atoms with Gasteiger partial charge in [0.1, 0.15) is 11.9 Å². The minimum Gasteiger partial charge on any atom is -0.490 e. The Bertz CT molecular complexity index is 533. The third-order valence-electron chi connectivity index (χ3n) is 4.06. The van der Waals surface area contributed by atoms with Crippen LogP contribution < -0.4 is 4.74 Å². The Morgan fingerprint density at radius 2 is 2.00 bits per heavy atom. The largest absolute Gasteiger partial charge is 0.490 e. The van der Waals surface area contributed by atoms with Crippen molar-refractivity contribution in [3.63, 3.8) is 0 Å². The molecule has 0 radical (unpaired) electrons. The lowest BCUT2D eigenvalue weighted by Gasteiger charge is -2.32. The van der Waals surface area contributed by atoms with Gasteiger partial charge in [-0.15, -0.1) is 0 Å². The van der Waals surface area contributed by atoms with Crippen LogP contribution in [-0.2, 0) is 6.18 Å². The fourth-order valence-corrected chi connectivity index (χ4v) is 2.88. The van der Waals surface area contributed by atoms with E-state index in [1.54, 1.807) is 6.07 Å². The van der Waals surface area contributed by atoms with Gasteiger partial charge in [-0.1, -0.05) is 13.3 Å². The zero-order valence-electron chi connectivity index (χ0n) is 11.9. The number of nitrogens with zero attached hydrogens (tertiary/aromatic N) is 1. The maximum atomic E-state index is 13.1. The van der Waals surface area contributed by atoms with Crippen LogP contribution in [0.2, 0.25) is 0 Å². The number of halogens is 3. The Labute approximate surface area is 122 Å². The van der Waals surface area contributed by atoms with E-state index in [0.717, 1.165) is 38.2 Å². The van der Waals surface area contributed by atoms with Crippen LogP contribution in [0.25, 0.3) is 0 Å². The molecular weight excluding hydrogens is 279 g/mol. The first-order chi connectivity index (χ1) is 9.95. The molecule has 2 nitrogen and oxygen atoms in total. The van der Waals surface area contributed by atoms with Gasteiger partial charge in [0.05, 0.1) is 17.2 Å². The molecule has 0 bridgehead atoms. The van der Waals surface area contributed by atoms with Gasteiger partial charge in [-0.3, -0.25) is 0 Å². The third kappa shape index (κ3) is 3.69. The van der Waals surface area contributed by atoms with Crippen molar-refractivity contribution in [2.75, 3.05) is 0 Å². The van der Waals surface area contributed by atoms with E-state index < -0.39 is 11.7 Å². The van der Waals surface area contributed by atoms with E-state index in [0.29, 0.717) is 5.92 Å². The highest BCUT2D eigenvalue weighted by molar-refractivity contribution is 5.43. The van der Waals surface area contributed by atoms with Gasteiger partial charge in [-0.25, -0.2) is 0 Å². The average molecular weight is 297 g/mol. The molecule has 1 aromatic carbocycles. The number of rotatable bonds is 3. The minimum atomic E-state index is -4.52. The normalized spacial score (nSPS) is 22.6. The highest BCUT2D eigenvalue weighted by Crippen LogP contribution is 2.39. The van der Waals surface area contributed by atoms with Gasteiger partial charge in [-0.05, 0) is 49.8 Å². The summed E-state index contributed by atoms with van der Waals surface area (Å²) in [4.78, 5) is 0. The van der Waals surface area contributed by atoms with Crippen molar-refractivity contribution in [2.24, 2.45) is 5.92 Å². The molecule has 1 saturated carbocycles. The Morgan fingerprint density at radius 3 is 2.62 bits per heavy atom. The number of benzene rings is 1. The van der Waals surface area contributed by atoms with Crippen LogP contribution in [0.1, 0.15) is 50.2 Å². The van der Waals surface area contributed by atoms with Crippen LogP contribution >= 0.6 is 0 Å². The lowest BCUT2D eigenvalue weighted by Crippen LogP contribution is -2.30. The van der Waals surface area contributed by atoms with Crippen molar-refractivity contribution in [3.05, 3.63) is 29.3 Å². The van der Waals surface area contributed by atoms with E-state index >= 15 is 0 Å². The summed E-state index contributed by atoms with van der Waals surface area (Å²) in [5.41, 5.74) is -0.868. The van der Waals surface area contributed by atoms with E-state index in [1.165, 1.54) is 12.1 Å². The number of hydrogen-bond donors (Lipinski definition) is 0. The maximum absolute atomic E-state index is 13.1. The molecule has 0 heterocycles. The topological polar surface area (TPSA) is 33.0 Å². The Hall–Kier alpha value is -1.70. The maximum Gasteiger partial charge on any atom is 0.420 e. The Kier molecular flexibility index (Phi) is 4.76. The molecule has 0 aliphatic heterocycles. The molecule has 2 rings (SSSR count). The number of hydrogen-bond acceptors (Lipinski definition) is 2. The van der Waals surface area contributed by atoms with Crippen molar-refractivity contribution < 1.29 is 17.9 Å². The smallest absolute Gasteiger partial charge is 0.420 e. The van der Waals surface area contributed by atoms with E-state index in [9.17, 15) is 13.2 Å². The highest BCUT2D eigenvalue weighted by Gasteiger charge is 2.36. The number of ether oxygens (including phenoxy) is 1.